The molecule has 2 aromatic heterocycles. The van der Waals surface area contributed by atoms with Gasteiger partial charge in [-0.1, -0.05) is 75.4 Å². The van der Waals surface area contributed by atoms with Crippen LogP contribution in [0.4, 0.5) is 0 Å². The van der Waals surface area contributed by atoms with E-state index in [1.807, 2.05) is 37.3 Å². The summed E-state index contributed by atoms with van der Waals surface area (Å²) in [6.45, 7) is 8.98. The van der Waals surface area contributed by atoms with E-state index in [0.717, 1.165) is 32.6 Å². The summed E-state index contributed by atoms with van der Waals surface area (Å²) in [5.41, 5.74) is 8.70. The molecule has 0 atom stereocenters. The standard InChI is InChI=1S/C28H30N4OS2/c1-5-33-32-26(29)22-15-16-24(34-17-19-11-13-21(14-12-19)28(2,3)4)25(30-22)27-31-23(18-35-27)20-9-7-6-8-10-20/h6-16,18H,5,17H2,1-4H3,(H2,29,32). The second-order valence-corrected chi connectivity index (χ2v) is 10.9. The Morgan fingerprint density at radius 2 is 1.83 bits per heavy atom. The maximum absolute atomic E-state index is 7.56. The largest absolute Gasteiger partial charge is 0.281 e. The van der Waals surface area contributed by atoms with Crippen molar-refractivity contribution in [2.24, 2.45) is 0 Å². The fraction of sp³-hybridized carbons (Fsp3) is 0.250. The SMILES string of the molecule is [H]/N=C(\NOCC)c1ccc(SCc2ccc(C(C)(C)C)cc2)c(-c2nc(-c3ccccc3)cs2)n1. The summed E-state index contributed by atoms with van der Waals surface area (Å²) in [7, 11) is 0. The number of hydroxylamine groups is 1. The van der Waals surface area contributed by atoms with Crippen molar-refractivity contribution in [3.8, 4) is 22.0 Å². The van der Waals surface area contributed by atoms with E-state index in [0.29, 0.717) is 12.3 Å². The van der Waals surface area contributed by atoms with Gasteiger partial charge in [-0.2, -0.15) is 0 Å². The van der Waals surface area contributed by atoms with Gasteiger partial charge in [-0.25, -0.2) is 15.4 Å². The van der Waals surface area contributed by atoms with Crippen molar-refractivity contribution in [1.29, 1.82) is 5.40 Å². The highest BCUT2D eigenvalue weighted by Gasteiger charge is 2.17. The first-order valence-corrected chi connectivity index (χ1v) is 13.4. The number of nitrogens with one attached hydrogen (secondary N) is 2. The molecule has 0 bridgehead atoms. The third-order valence-corrected chi connectivity index (χ3v) is 7.37. The Kier molecular flexibility index (Phi) is 7.57. The zero-order valence-electron chi connectivity index (χ0n) is 21.4. The van der Waals surface area contributed by atoms with Crippen molar-refractivity contribution in [1.82, 2.24) is 15.4 Å². The normalized spacial score (nSPS) is 12.5. The average molecular weight is 503 g/mol. The molecule has 5 nitrogen and oxygen atoms in total. The number of amidine groups is 1. The number of aromatic nitrogens is 2. The van der Waals surface area contributed by atoms with Crippen molar-refractivity contribution in [2.75, 3.05) is 6.61 Å². The van der Waals surface area contributed by atoms with E-state index in [1.165, 1.54) is 11.1 Å². The maximum Gasteiger partial charge on any atom is 0.190 e. The van der Waals surface area contributed by atoms with Gasteiger partial charge < -0.3 is 0 Å². The number of hydrogen-bond acceptors (Lipinski definition) is 6. The van der Waals surface area contributed by atoms with E-state index in [2.05, 4.69) is 73.4 Å². The van der Waals surface area contributed by atoms with Crippen LogP contribution < -0.4 is 5.48 Å². The number of nitrogens with zero attached hydrogens (tertiary/aromatic N) is 2. The van der Waals surface area contributed by atoms with Gasteiger partial charge >= 0.3 is 0 Å². The molecule has 180 valence electrons. The predicted molar refractivity (Wildman–Crippen MR) is 147 cm³/mol. The van der Waals surface area contributed by atoms with Crippen LogP contribution in [-0.4, -0.2) is 22.4 Å². The zero-order chi connectivity index (χ0) is 25.5. The molecule has 2 heterocycles. The first-order valence-electron chi connectivity index (χ1n) is 12.0. The van der Waals surface area contributed by atoms with Gasteiger partial charge in [0.2, 0.25) is 0 Å². The Morgan fingerprint density at radius 1 is 1.06 bits per heavy atom. The second kappa shape index (κ2) is 11.2. The number of hydrogen-bond donors (Lipinski definition) is 2. The summed E-state index contributed by atoms with van der Waals surface area (Å²) in [6, 6.07) is 22.8. The van der Waals surface area contributed by atoms with Crippen LogP contribution in [0.15, 0.2) is 77.0 Å². The molecule has 0 spiro atoms. The third-order valence-electron chi connectivity index (χ3n) is 5.40. The summed E-state index contributed by atoms with van der Waals surface area (Å²) in [6.07, 6.45) is 0. The van der Waals surface area contributed by atoms with Crippen LogP contribution in [0.5, 0.6) is 0 Å². The first-order chi connectivity index (χ1) is 17.4. The second-order valence-electron chi connectivity index (χ2n) is 9.07. The minimum atomic E-state index is 0.131. The van der Waals surface area contributed by atoms with E-state index >= 15 is 0 Å². The van der Waals surface area contributed by atoms with Crippen LogP contribution in [0, 0.1) is 5.40 Å². The van der Waals surface area contributed by atoms with Gasteiger partial charge in [-0.05, 0) is 35.6 Å². The van der Waals surface area contributed by atoms with Crippen molar-refractivity contribution < 1.29 is 6.25 Å². The quantitative estimate of drug-likeness (QED) is 0.114. The lowest BCUT2D eigenvalue weighted by atomic mass is 9.87. The average Bonchev–Trinajstić information content (AvgIpc) is 3.39. The molecular weight excluding hydrogens is 472 g/mol. The van der Waals surface area contributed by atoms with Gasteiger partial charge in [0.05, 0.1) is 12.3 Å². The van der Waals surface area contributed by atoms with Gasteiger partial charge in [0.15, 0.2) is 7.25 Å². The summed E-state index contributed by atoms with van der Waals surface area (Å²) in [5.74, 6) is 1.07. The van der Waals surface area contributed by atoms with Crippen LogP contribution in [0.3, 0.4) is 0 Å². The molecule has 35 heavy (non-hydrogen) atoms. The van der Waals surface area contributed by atoms with Crippen LogP contribution in [0.2, 0.25) is 1.41 Å². The highest BCUT2D eigenvalue weighted by molar-refractivity contribution is 7.98. The van der Waals surface area contributed by atoms with Crippen LogP contribution in [0.25, 0.3) is 22.0 Å². The van der Waals surface area contributed by atoms with Gasteiger partial charge in [0.1, 0.15) is 16.4 Å². The topological polar surface area (TPSA) is 70.9 Å². The summed E-state index contributed by atoms with van der Waals surface area (Å²) in [5, 5.41) is 6.45. The van der Waals surface area contributed by atoms with E-state index in [4.69, 9.17) is 16.2 Å². The molecule has 0 unspecified atom stereocenters. The molecule has 0 saturated heterocycles. The number of pyridine rings is 1. The molecule has 0 fully saturated rings. The molecule has 0 saturated carbocycles. The predicted octanol–water partition coefficient (Wildman–Crippen LogP) is 7.33. The maximum atomic E-state index is 7.56. The number of benzene rings is 2. The molecule has 4 rings (SSSR count). The molecule has 2 N–H and O–H groups in total. The Labute approximate surface area is 216 Å². The van der Waals surface area contributed by atoms with Gasteiger partial charge in [0.25, 0.3) is 0 Å². The van der Waals surface area contributed by atoms with E-state index in [1.54, 1.807) is 23.1 Å². The van der Waals surface area contributed by atoms with Gasteiger partial charge in [0, 0.05) is 21.6 Å². The molecule has 0 aliphatic rings. The fourth-order valence-electron chi connectivity index (χ4n) is 3.43. The summed E-state index contributed by atoms with van der Waals surface area (Å²) in [4.78, 5) is 16.0. The highest BCUT2D eigenvalue weighted by atomic mass is 32.2. The van der Waals surface area contributed by atoms with E-state index in [-0.39, 0.29) is 11.3 Å². The van der Waals surface area contributed by atoms with E-state index < -0.39 is 0 Å². The molecule has 0 amide bonds. The molecule has 7 heteroatoms. The highest BCUT2D eigenvalue weighted by Crippen LogP contribution is 2.36. The fourth-order valence-corrected chi connectivity index (χ4v) is 5.28. The van der Waals surface area contributed by atoms with Gasteiger partial charge in [-0.3, -0.25) is 10.2 Å². The minimum absolute atomic E-state index is 0.131. The van der Waals surface area contributed by atoms with Gasteiger partial charge in [-0.15, -0.1) is 23.1 Å². The molecule has 0 radical (unpaired) electrons. The Balaban J connectivity index is 1.65. The number of thiazole rings is 1. The first kappa shape index (κ1) is 23.7. The summed E-state index contributed by atoms with van der Waals surface area (Å²) >= 11 is 3.28. The zero-order valence-corrected chi connectivity index (χ0v) is 22.0. The lowest BCUT2D eigenvalue weighted by Crippen LogP contribution is -2.24. The molecular formula is C28H30N4OS2. The third kappa shape index (κ3) is 6.36. The summed E-state index contributed by atoms with van der Waals surface area (Å²) < 4.78 is 7.56. The molecule has 0 aliphatic heterocycles. The van der Waals surface area contributed by atoms with Crippen LogP contribution in [0.1, 0.15) is 44.5 Å². The Bertz CT molecular complexity index is 1320. The van der Waals surface area contributed by atoms with Crippen LogP contribution >= 0.6 is 23.1 Å². The van der Waals surface area contributed by atoms with Crippen molar-refractivity contribution >= 4 is 28.9 Å². The number of rotatable bonds is 8. The Hall–Kier alpha value is -3.00. The smallest absolute Gasteiger partial charge is 0.190 e. The van der Waals surface area contributed by atoms with Crippen molar-refractivity contribution in [2.45, 2.75) is 43.8 Å². The van der Waals surface area contributed by atoms with Crippen LogP contribution in [-0.2, 0) is 16.0 Å². The lowest BCUT2D eigenvalue weighted by molar-refractivity contribution is 0.0965. The van der Waals surface area contributed by atoms with E-state index in [9.17, 15) is 0 Å². The van der Waals surface area contributed by atoms with Crippen molar-refractivity contribution in [3.63, 3.8) is 0 Å². The molecule has 0 aliphatic carbocycles. The molecule has 2 aromatic carbocycles. The number of thioether (sulfide) groups is 1. The minimum Gasteiger partial charge on any atom is -0.281 e. The molecule has 4 aromatic rings. The van der Waals surface area contributed by atoms with Crippen molar-refractivity contribution in [3.05, 3.63) is 88.9 Å². The lowest BCUT2D eigenvalue weighted by Gasteiger charge is -2.19. The Morgan fingerprint density at radius 3 is 2.51 bits per heavy atom. The monoisotopic (exact) mass is 502 g/mol.